The number of carbonyl (C=O) groups is 1. The summed E-state index contributed by atoms with van der Waals surface area (Å²) in [5.41, 5.74) is 4.61. The van der Waals surface area contributed by atoms with E-state index in [4.69, 9.17) is 11.0 Å². The highest BCUT2D eigenvalue weighted by atomic mass is 32.2. The fourth-order valence-corrected chi connectivity index (χ4v) is 3.58. The van der Waals surface area contributed by atoms with Crippen LogP contribution in [0.15, 0.2) is 23.2 Å². The van der Waals surface area contributed by atoms with Gasteiger partial charge in [-0.3, -0.25) is 4.79 Å². The molecule has 1 amide bonds. The molecule has 8 heteroatoms. The van der Waals surface area contributed by atoms with Crippen molar-refractivity contribution in [3.63, 3.8) is 0 Å². The molecule has 1 saturated heterocycles. The van der Waals surface area contributed by atoms with E-state index in [9.17, 15) is 13.2 Å². The molecule has 0 saturated carbocycles. The summed E-state index contributed by atoms with van der Waals surface area (Å²) in [6, 6.07) is 4.50. The Morgan fingerprint density at radius 1 is 1.55 bits per heavy atom. The lowest BCUT2D eigenvalue weighted by Crippen LogP contribution is -2.38. The number of carbonyl (C=O) groups excluding carboxylic acids is 1. The highest BCUT2D eigenvalue weighted by Gasteiger charge is 2.43. The van der Waals surface area contributed by atoms with Gasteiger partial charge in [0.25, 0.3) is 0 Å². The van der Waals surface area contributed by atoms with E-state index >= 15 is 0 Å². The van der Waals surface area contributed by atoms with Gasteiger partial charge in [0.2, 0.25) is 15.9 Å². The first-order valence-electron chi connectivity index (χ1n) is 5.96. The minimum Gasteiger partial charge on any atom is -0.369 e. The molecule has 7 nitrogen and oxygen atoms in total. The monoisotopic (exact) mass is 294 g/mol. The third-order valence-corrected chi connectivity index (χ3v) is 5.35. The molecule has 106 valence electrons. The lowest BCUT2D eigenvalue weighted by atomic mass is 9.89. The van der Waals surface area contributed by atoms with Crippen molar-refractivity contribution in [2.75, 3.05) is 13.1 Å². The Hall–Kier alpha value is -1.98. The van der Waals surface area contributed by atoms with Gasteiger partial charge in [-0.15, -0.1) is 0 Å². The van der Waals surface area contributed by atoms with Crippen LogP contribution in [-0.2, 0) is 14.8 Å². The number of rotatable bonds is 3. The predicted octanol–water partition coefficient (Wildman–Crippen LogP) is -0.161. The molecule has 0 spiro atoms. The van der Waals surface area contributed by atoms with Crippen molar-refractivity contribution in [2.24, 2.45) is 11.1 Å². The molecule has 1 unspecified atom stereocenters. The number of pyridine rings is 1. The van der Waals surface area contributed by atoms with Gasteiger partial charge in [-0.25, -0.2) is 13.4 Å². The number of primary amides is 1. The Morgan fingerprint density at radius 2 is 2.25 bits per heavy atom. The Morgan fingerprint density at radius 3 is 2.70 bits per heavy atom. The lowest BCUT2D eigenvalue weighted by Gasteiger charge is -2.20. The van der Waals surface area contributed by atoms with E-state index in [1.54, 1.807) is 6.92 Å². The van der Waals surface area contributed by atoms with E-state index in [0.29, 0.717) is 6.42 Å². The molecule has 20 heavy (non-hydrogen) atoms. The zero-order valence-corrected chi connectivity index (χ0v) is 11.7. The highest BCUT2D eigenvalue weighted by Crippen LogP contribution is 2.32. The van der Waals surface area contributed by atoms with Crippen molar-refractivity contribution in [2.45, 2.75) is 18.2 Å². The van der Waals surface area contributed by atoms with E-state index in [2.05, 4.69) is 4.98 Å². The Bertz CT molecular complexity index is 678. The molecule has 0 aromatic carbocycles. The summed E-state index contributed by atoms with van der Waals surface area (Å²) < 4.78 is 26.0. The summed E-state index contributed by atoms with van der Waals surface area (Å²) in [5, 5.41) is 8.65. The third kappa shape index (κ3) is 2.37. The van der Waals surface area contributed by atoms with Gasteiger partial charge in [0.15, 0.2) is 0 Å². The second-order valence-corrected chi connectivity index (χ2v) is 6.94. The first kappa shape index (κ1) is 14.4. The van der Waals surface area contributed by atoms with E-state index < -0.39 is 21.3 Å². The topological polar surface area (TPSA) is 117 Å². The predicted molar refractivity (Wildman–Crippen MR) is 69.6 cm³/mol. The van der Waals surface area contributed by atoms with Gasteiger partial charge in [-0.05, 0) is 25.5 Å². The summed E-state index contributed by atoms with van der Waals surface area (Å²) in [6.45, 7) is 1.95. The SMILES string of the molecule is CC1(C(N)=O)CCN(S(=O)(=O)c2ccc(C#N)nc2)C1. The summed E-state index contributed by atoms with van der Waals surface area (Å²) >= 11 is 0. The van der Waals surface area contributed by atoms with Gasteiger partial charge in [-0.1, -0.05) is 0 Å². The molecular formula is C12H14N4O3S. The molecule has 1 aromatic heterocycles. The van der Waals surface area contributed by atoms with Crippen LogP contribution in [0, 0.1) is 16.7 Å². The van der Waals surface area contributed by atoms with Crippen LogP contribution in [0.5, 0.6) is 0 Å². The molecule has 1 aromatic rings. The van der Waals surface area contributed by atoms with Crippen LogP contribution >= 0.6 is 0 Å². The molecule has 2 rings (SSSR count). The van der Waals surface area contributed by atoms with Crippen LogP contribution in [0.3, 0.4) is 0 Å². The van der Waals surface area contributed by atoms with E-state index in [0.717, 1.165) is 6.20 Å². The fourth-order valence-electron chi connectivity index (χ4n) is 2.07. The first-order valence-corrected chi connectivity index (χ1v) is 7.40. The lowest BCUT2D eigenvalue weighted by molar-refractivity contribution is -0.126. The standard InChI is InChI=1S/C12H14N4O3S/c1-12(11(14)17)4-5-16(8-12)20(18,19)10-3-2-9(6-13)15-7-10/h2-3,7H,4-5,8H2,1H3,(H2,14,17). The Kier molecular flexibility index (Phi) is 3.50. The maximum Gasteiger partial charge on any atom is 0.244 e. The summed E-state index contributed by atoms with van der Waals surface area (Å²) in [5.74, 6) is -0.506. The van der Waals surface area contributed by atoms with E-state index in [-0.39, 0.29) is 23.7 Å². The summed E-state index contributed by atoms with van der Waals surface area (Å²) in [7, 11) is -3.71. The average Bonchev–Trinajstić information content (AvgIpc) is 2.84. The number of aromatic nitrogens is 1. The first-order chi connectivity index (χ1) is 9.29. The van der Waals surface area contributed by atoms with Gasteiger partial charge in [0.05, 0.1) is 5.41 Å². The third-order valence-electron chi connectivity index (χ3n) is 3.52. The molecule has 1 fully saturated rings. The zero-order valence-electron chi connectivity index (χ0n) is 10.9. The van der Waals surface area contributed by atoms with Crippen LogP contribution in [0.1, 0.15) is 19.0 Å². The van der Waals surface area contributed by atoms with Crippen LogP contribution in [0.4, 0.5) is 0 Å². The van der Waals surface area contributed by atoms with Gasteiger partial charge in [-0.2, -0.15) is 9.57 Å². The van der Waals surface area contributed by atoms with Gasteiger partial charge in [0, 0.05) is 19.3 Å². The normalized spacial score (nSPS) is 23.4. The van der Waals surface area contributed by atoms with Crippen LogP contribution < -0.4 is 5.73 Å². The number of hydrogen-bond donors (Lipinski definition) is 1. The van der Waals surface area contributed by atoms with Crippen molar-refractivity contribution in [3.05, 3.63) is 24.0 Å². The second-order valence-electron chi connectivity index (χ2n) is 5.00. The highest BCUT2D eigenvalue weighted by molar-refractivity contribution is 7.89. The quantitative estimate of drug-likeness (QED) is 0.831. The van der Waals surface area contributed by atoms with Crippen molar-refractivity contribution < 1.29 is 13.2 Å². The van der Waals surface area contributed by atoms with Crippen LogP contribution in [-0.4, -0.2) is 36.7 Å². The molecular weight excluding hydrogens is 280 g/mol. The molecule has 1 aliphatic rings. The molecule has 0 bridgehead atoms. The maximum atomic E-state index is 12.4. The molecule has 0 aliphatic carbocycles. The Labute approximate surface area is 117 Å². The molecule has 1 aliphatic heterocycles. The van der Waals surface area contributed by atoms with Crippen molar-refractivity contribution >= 4 is 15.9 Å². The van der Waals surface area contributed by atoms with Crippen molar-refractivity contribution in [1.29, 1.82) is 5.26 Å². The van der Waals surface area contributed by atoms with E-state index in [1.807, 2.05) is 6.07 Å². The maximum absolute atomic E-state index is 12.4. The smallest absolute Gasteiger partial charge is 0.244 e. The number of nitrogens with zero attached hydrogens (tertiary/aromatic N) is 3. The summed E-state index contributed by atoms with van der Waals surface area (Å²) in [4.78, 5) is 15.1. The summed E-state index contributed by atoms with van der Waals surface area (Å²) in [6.07, 6.45) is 1.54. The van der Waals surface area contributed by atoms with Crippen LogP contribution in [0.2, 0.25) is 0 Å². The fraction of sp³-hybridized carbons (Fsp3) is 0.417. The minimum absolute atomic E-state index is 0.00483. The number of nitrogens with two attached hydrogens (primary N) is 1. The zero-order chi connectivity index (χ0) is 15.0. The van der Waals surface area contributed by atoms with Gasteiger partial charge in [0.1, 0.15) is 16.7 Å². The molecule has 2 N–H and O–H groups in total. The minimum atomic E-state index is -3.71. The molecule has 0 radical (unpaired) electrons. The Balaban J connectivity index is 2.28. The van der Waals surface area contributed by atoms with Gasteiger partial charge >= 0.3 is 0 Å². The average molecular weight is 294 g/mol. The number of hydrogen-bond acceptors (Lipinski definition) is 5. The van der Waals surface area contributed by atoms with Gasteiger partial charge < -0.3 is 5.73 Å². The number of amides is 1. The molecule has 1 atom stereocenters. The van der Waals surface area contributed by atoms with Crippen molar-refractivity contribution in [1.82, 2.24) is 9.29 Å². The molecule has 2 heterocycles. The largest absolute Gasteiger partial charge is 0.369 e. The number of sulfonamides is 1. The van der Waals surface area contributed by atoms with Crippen molar-refractivity contribution in [3.8, 4) is 6.07 Å². The number of nitriles is 1. The van der Waals surface area contributed by atoms with E-state index in [1.165, 1.54) is 16.4 Å². The second kappa shape index (κ2) is 4.85. The van der Waals surface area contributed by atoms with Crippen LogP contribution in [0.25, 0.3) is 0 Å².